The van der Waals surface area contributed by atoms with E-state index < -0.39 is 0 Å². The number of piperidine rings is 1. The Bertz CT molecular complexity index is 351. The van der Waals surface area contributed by atoms with Crippen LogP contribution in [0.4, 0.5) is 0 Å². The van der Waals surface area contributed by atoms with Crippen LogP contribution in [0, 0.1) is 0 Å². The Labute approximate surface area is 106 Å². The predicted molar refractivity (Wildman–Crippen MR) is 67.5 cm³/mol. The average molecular weight is 260 g/mol. The first-order valence-electron chi connectivity index (χ1n) is 5.51. The monoisotopic (exact) mass is 259 g/mol. The van der Waals surface area contributed by atoms with Gasteiger partial charge in [-0.25, -0.2) is 0 Å². The van der Waals surface area contributed by atoms with Crippen molar-refractivity contribution < 1.29 is 4.74 Å². The van der Waals surface area contributed by atoms with E-state index in [-0.39, 0.29) is 6.10 Å². The molecule has 0 aliphatic carbocycles. The topological polar surface area (TPSA) is 21.3 Å². The minimum Gasteiger partial charge on any atom is -0.489 e. The highest BCUT2D eigenvalue weighted by atomic mass is 35.5. The summed E-state index contributed by atoms with van der Waals surface area (Å²) >= 11 is 11.9. The summed E-state index contributed by atoms with van der Waals surface area (Å²) in [7, 11) is 0. The lowest BCUT2D eigenvalue weighted by molar-refractivity contribution is 0.162. The second-order valence-electron chi connectivity index (χ2n) is 3.97. The van der Waals surface area contributed by atoms with Gasteiger partial charge in [-0.1, -0.05) is 17.7 Å². The lowest BCUT2D eigenvalue weighted by atomic mass is 10.1. The first-order valence-corrected chi connectivity index (χ1v) is 6.42. The van der Waals surface area contributed by atoms with Crippen molar-refractivity contribution in [1.29, 1.82) is 0 Å². The minimum absolute atomic E-state index is 0.278. The molecule has 0 unspecified atom stereocenters. The quantitative estimate of drug-likeness (QED) is 0.842. The molecule has 0 aromatic heterocycles. The van der Waals surface area contributed by atoms with Gasteiger partial charge in [0.05, 0.1) is 5.02 Å². The number of benzene rings is 1. The zero-order valence-corrected chi connectivity index (χ0v) is 10.5. The van der Waals surface area contributed by atoms with Gasteiger partial charge in [-0.15, -0.1) is 11.6 Å². The molecular formula is C12H15Cl2NO. The Morgan fingerprint density at radius 3 is 2.69 bits per heavy atom. The molecule has 1 fully saturated rings. The van der Waals surface area contributed by atoms with Crippen molar-refractivity contribution in [2.45, 2.75) is 24.8 Å². The number of alkyl halides is 1. The summed E-state index contributed by atoms with van der Waals surface area (Å²) in [6, 6.07) is 5.72. The van der Waals surface area contributed by atoms with Gasteiger partial charge < -0.3 is 10.1 Å². The van der Waals surface area contributed by atoms with Gasteiger partial charge in [-0.2, -0.15) is 0 Å². The van der Waals surface area contributed by atoms with Crippen LogP contribution in [0.15, 0.2) is 18.2 Å². The molecule has 1 heterocycles. The lowest BCUT2D eigenvalue weighted by Crippen LogP contribution is -2.34. The molecule has 0 amide bonds. The van der Waals surface area contributed by atoms with Crippen LogP contribution >= 0.6 is 23.2 Å². The van der Waals surface area contributed by atoms with Crippen LogP contribution < -0.4 is 10.1 Å². The number of hydrogen-bond donors (Lipinski definition) is 1. The summed E-state index contributed by atoms with van der Waals surface area (Å²) in [5.74, 6) is 1.25. The van der Waals surface area contributed by atoms with Crippen LogP contribution in [0.3, 0.4) is 0 Å². The number of rotatable bonds is 3. The average Bonchev–Trinajstić information content (AvgIpc) is 2.33. The van der Waals surface area contributed by atoms with Crippen molar-refractivity contribution in [3.63, 3.8) is 0 Å². The Kier molecular flexibility index (Phi) is 4.33. The summed E-state index contributed by atoms with van der Waals surface area (Å²) < 4.78 is 5.87. The summed E-state index contributed by atoms with van der Waals surface area (Å²) in [6.07, 6.45) is 2.35. The van der Waals surface area contributed by atoms with Gasteiger partial charge in [0.2, 0.25) is 0 Å². The van der Waals surface area contributed by atoms with Crippen LogP contribution in [-0.2, 0) is 5.88 Å². The molecule has 0 bridgehead atoms. The van der Waals surface area contributed by atoms with E-state index in [1.54, 1.807) is 0 Å². The van der Waals surface area contributed by atoms with Gasteiger partial charge in [0.15, 0.2) is 0 Å². The van der Waals surface area contributed by atoms with E-state index >= 15 is 0 Å². The first kappa shape index (κ1) is 12.0. The minimum atomic E-state index is 0.278. The SMILES string of the molecule is ClCc1ccc(OC2CCNCC2)c(Cl)c1. The highest BCUT2D eigenvalue weighted by Gasteiger charge is 2.15. The van der Waals surface area contributed by atoms with Crippen LogP contribution in [0.5, 0.6) is 5.75 Å². The third kappa shape index (κ3) is 3.03. The molecule has 0 radical (unpaired) electrons. The van der Waals surface area contributed by atoms with E-state index in [2.05, 4.69) is 5.32 Å². The van der Waals surface area contributed by atoms with Gasteiger partial charge in [-0.3, -0.25) is 0 Å². The third-order valence-corrected chi connectivity index (χ3v) is 3.33. The molecule has 0 atom stereocenters. The van der Waals surface area contributed by atoms with Gasteiger partial charge in [0.25, 0.3) is 0 Å². The van der Waals surface area contributed by atoms with Crippen molar-refractivity contribution in [2.75, 3.05) is 13.1 Å². The van der Waals surface area contributed by atoms with Gasteiger partial charge in [-0.05, 0) is 43.6 Å². The maximum atomic E-state index is 6.13. The normalized spacial score (nSPS) is 17.4. The van der Waals surface area contributed by atoms with E-state index in [1.807, 2.05) is 18.2 Å². The summed E-state index contributed by atoms with van der Waals surface area (Å²) in [6.45, 7) is 2.03. The number of halogens is 2. The van der Waals surface area contributed by atoms with E-state index in [9.17, 15) is 0 Å². The summed E-state index contributed by atoms with van der Waals surface area (Å²) in [5, 5.41) is 3.95. The fraction of sp³-hybridized carbons (Fsp3) is 0.500. The maximum Gasteiger partial charge on any atom is 0.138 e. The Morgan fingerprint density at radius 2 is 2.06 bits per heavy atom. The molecule has 16 heavy (non-hydrogen) atoms. The highest BCUT2D eigenvalue weighted by Crippen LogP contribution is 2.28. The summed E-state index contributed by atoms with van der Waals surface area (Å²) in [4.78, 5) is 0. The number of nitrogens with one attached hydrogen (secondary N) is 1. The van der Waals surface area contributed by atoms with E-state index in [0.29, 0.717) is 10.9 Å². The van der Waals surface area contributed by atoms with Crippen molar-refractivity contribution >= 4 is 23.2 Å². The van der Waals surface area contributed by atoms with Crippen LogP contribution in [0.25, 0.3) is 0 Å². The van der Waals surface area contributed by atoms with E-state index in [0.717, 1.165) is 37.2 Å². The molecule has 0 spiro atoms. The van der Waals surface area contributed by atoms with Crippen LogP contribution in [0.2, 0.25) is 5.02 Å². The number of hydrogen-bond acceptors (Lipinski definition) is 2. The molecule has 1 aliphatic rings. The third-order valence-electron chi connectivity index (χ3n) is 2.73. The molecule has 1 N–H and O–H groups in total. The zero-order valence-electron chi connectivity index (χ0n) is 9.01. The molecule has 4 heteroatoms. The van der Waals surface area contributed by atoms with Crippen molar-refractivity contribution in [2.24, 2.45) is 0 Å². The Hall–Kier alpha value is -0.440. The van der Waals surface area contributed by atoms with E-state index in [4.69, 9.17) is 27.9 Å². The van der Waals surface area contributed by atoms with E-state index in [1.165, 1.54) is 0 Å². The molecule has 1 aromatic carbocycles. The second kappa shape index (κ2) is 5.76. The highest BCUT2D eigenvalue weighted by molar-refractivity contribution is 6.32. The number of ether oxygens (including phenoxy) is 1. The predicted octanol–water partition coefficient (Wildman–Crippen LogP) is 3.21. The standard InChI is InChI=1S/C12H15Cl2NO/c13-8-9-1-2-12(11(14)7-9)16-10-3-5-15-6-4-10/h1-2,7,10,15H,3-6,8H2. The fourth-order valence-electron chi connectivity index (χ4n) is 1.82. The first-order chi connectivity index (χ1) is 7.79. The molecular weight excluding hydrogens is 245 g/mol. The molecule has 88 valence electrons. The van der Waals surface area contributed by atoms with Crippen LogP contribution in [-0.4, -0.2) is 19.2 Å². The summed E-state index contributed by atoms with van der Waals surface area (Å²) in [5.41, 5.74) is 1.02. The molecule has 1 aliphatic heterocycles. The van der Waals surface area contributed by atoms with Crippen molar-refractivity contribution in [3.05, 3.63) is 28.8 Å². The van der Waals surface area contributed by atoms with Crippen molar-refractivity contribution in [1.82, 2.24) is 5.32 Å². The van der Waals surface area contributed by atoms with Crippen molar-refractivity contribution in [3.8, 4) is 5.75 Å². The Balaban J connectivity index is 2.03. The second-order valence-corrected chi connectivity index (χ2v) is 4.64. The zero-order chi connectivity index (χ0) is 11.4. The molecule has 0 saturated carbocycles. The Morgan fingerprint density at radius 1 is 1.31 bits per heavy atom. The molecule has 2 nitrogen and oxygen atoms in total. The molecule has 1 aromatic rings. The van der Waals surface area contributed by atoms with Gasteiger partial charge in [0, 0.05) is 5.88 Å². The molecule has 1 saturated heterocycles. The van der Waals surface area contributed by atoms with Gasteiger partial charge >= 0.3 is 0 Å². The van der Waals surface area contributed by atoms with Crippen LogP contribution in [0.1, 0.15) is 18.4 Å². The van der Waals surface area contributed by atoms with Gasteiger partial charge in [0.1, 0.15) is 11.9 Å². The molecule has 2 rings (SSSR count). The maximum absolute atomic E-state index is 6.13. The largest absolute Gasteiger partial charge is 0.489 e. The lowest BCUT2D eigenvalue weighted by Gasteiger charge is -2.24. The fourth-order valence-corrected chi connectivity index (χ4v) is 2.23. The smallest absolute Gasteiger partial charge is 0.138 e.